The topological polar surface area (TPSA) is 29.1 Å². The Hall–Kier alpha value is -0.680. The smallest absolute Gasteiger partial charge is 0.253 e. The highest BCUT2D eigenvalue weighted by Gasteiger charge is 2.15. The van der Waals surface area contributed by atoms with Gasteiger partial charge in [0.15, 0.2) is 0 Å². The maximum absolute atomic E-state index is 12.2. The molecule has 1 amide bonds. The fourth-order valence-electron chi connectivity index (χ4n) is 1.59. The number of thiophene rings is 1. The molecule has 1 N–H and O–H groups in total. The van der Waals surface area contributed by atoms with Gasteiger partial charge in [-0.05, 0) is 37.3 Å². The van der Waals surface area contributed by atoms with Crippen LogP contribution in [0.5, 0.6) is 0 Å². The zero-order chi connectivity index (χ0) is 14.0. The molecule has 0 saturated heterocycles. The monoisotopic (exact) mass is 331 g/mol. The predicted molar refractivity (Wildman–Crippen MR) is 83.9 cm³/mol. The minimum Gasteiger partial charge on any atom is -0.345 e. The molecule has 1 atom stereocenters. The molecule has 100 valence electrons. The van der Waals surface area contributed by atoms with Crippen molar-refractivity contribution in [1.29, 1.82) is 0 Å². The largest absolute Gasteiger partial charge is 0.345 e. The molecule has 2 rings (SSSR count). The first-order valence-corrected chi connectivity index (χ1v) is 7.54. The summed E-state index contributed by atoms with van der Waals surface area (Å²) in [6, 6.07) is 8.63. The molecule has 0 radical (unpaired) electrons. The van der Waals surface area contributed by atoms with Gasteiger partial charge in [0.1, 0.15) is 0 Å². The molecule has 1 aromatic heterocycles. The average molecular weight is 332 g/mol. The van der Waals surface area contributed by atoms with Crippen molar-refractivity contribution in [3.05, 3.63) is 50.1 Å². The van der Waals surface area contributed by atoms with E-state index in [0.717, 1.165) is 4.88 Å². The Balaban J connectivity index is 2.15. The van der Waals surface area contributed by atoms with E-state index >= 15 is 0 Å². The van der Waals surface area contributed by atoms with Crippen LogP contribution in [0.15, 0.2) is 35.2 Å². The number of rotatable bonds is 3. The van der Waals surface area contributed by atoms with Crippen molar-refractivity contribution in [2.24, 2.45) is 0 Å². The van der Waals surface area contributed by atoms with Crippen LogP contribution in [-0.4, -0.2) is 5.91 Å². The number of thiol groups is 1. The summed E-state index contributed by atoms with van der Waals surface area (Å²) in [5.41, 5.74) is 0.420. The Morgan fingerprint density at radius 3 is 2.68 bits per heavy atom. The molecule has 1 aromatic carbocycles. The minimum absolute atomic E-state index is 0.121. The third-order valence-corrected chi connectivity index (χ3v) is 4.58. The molecule has 19 heavy (non-hydrogen) atoms. The Bertz CT molecular complexity index is 612. The number of amides is 1. The number of carbonyl (C=O) groups excluding carboxylic acids is 1. The van der Waals surface area contributed by atoms with E-state index in [4.69, 9.17) is 23.2 Å². The van der Waals surface area contributed by atoms with Crippen molar-refractivity contribution in [3.8, 4) is 0 Å². The second-order valence-electron chi connectivity index (χ2n) is 4.00. The van der Waals surface area contributed by atoms with Crippen molar-refractivity contribution in [3.63, 3.8) is 0 Å². The van der Waals surface area contributed by atoms with Gasteiger partial charge in [0.2, 0.25) is 0 Å². The van der Waals surface area contributed by atoms with Gasteiger partial charge in [0, 0.05) is 9.77 Å². The molecule has 1 unspecified atom stereocenters. The Morgan fingerprint density at radius 2 is 2.05 bits per heavy atom. The molecule has 0 aliphatic carbocycles. The van der Waals surface area contributed by atoms with Gasteiger partial charge in [0.05, 0.1) is 21.0 Å². The van der Waals surface area contributed by atoms with Gasteiger partial charge in [-0.15, -0.1) is 24.0 Å². The number of halogens is 2. The molecule has 0 spiro atoms. The highest BCUT2D eigenvalue weighted by Crippen LogP contribution is 2.27. The SMILES string of the molecule is CC(NC(=O)c1cc(S)ccc1Cl)c1ccc(Cl)s1. The third kappa shape index (κ3) is 3.66. The summed E-state index contributed by atoms with van der Waals surface area (Å²) in [5.74, 6) is -0.224. The standard InChI is InChI=1S/C13H11Cl2NOS2/c1-7(11-4-5-12(15)19-11)16-13(17)9-6-8(18)2-3-10(9)14/h2-7,18H,1H3,(H,16,17). The quantitative estimate of drug-likeness (QED) is 0.774. The van der Waals surface area contributed by atoms with E-state index in [1.54, 1.807) is 18.2 Å². The lowest BCUT2D eigenvalue weighted by molar-refractivity contribution is 0.0940. The molecular weight excluding hydrogens is 321 g/mol. The minimum atomic E-state index is -0.224. The van der Waals surface area contributed by atoms with E-state index in [9.17, 15) is 4.79 Å². The number of carbonyl (C=O) groups is 1. The molecule has 1 heterocycles. The van der Waals surface area contributed by atoms with Crippen LogP contribution in [0.4, 0.5) is 0 Å². The van der Waals surface area contributed by atoms with Crippen LogP contribution < -0.4 is 5.32 Å². The normalized spacial score (nSPS) is 12.2. The molecule has 0 bridgehead atoms. The number of benzene rings is 1. The van der Waals surface area contributed by atoms with Crippen LogP contribution in [0.2, 0.25) is 9.36 Å². The van der Waals surface area contributed by atoms with E-state index in [1.165, 1.54) is 11.3 Å². The summed E-state index contributed by atoms with van der Waals surface area (Å²) in [6.45, 7) is 1.90. The van der Waals surface area contributed by atoms with Crippen molar-refractivity contribution < 1.29 is 4.79 Å². The molecule has 0 fully saturated rings. The molecule has 2 nitrogen and oxygen atoms in total. The summed E-state index contributed by atoms with van der Waals surface area (Å²) in [4.78, 5) is 13.8. The zero-order valence-corrected chi connectivity index (χ0v) is 13.2. The Morgan fingerprint density at radius 1 is 1.32 bits per heavy atom. The van der Waals surface area contributed by atoms with Crippen LogP contribution in [0.1, 0.15) is 28.2 Å². The zero-order valence-electron chi connectivity index (χ0n) is 9.98. The lowest BCUT2D eigenvalue weighted by atomic mass is 10.2. The van der Waals surface area contributed by atoms with Gasteiger partial charge < -0.3 is 5.32 Å². The number of hydrogen-bond donors (Lipinski definition) is 2. The lowest BCUT2D eigenvalue weighted by Crippen LogP contribution is -2.26. The summed E-state index contributed by atoms with van der Waals surface area (Å²) in [7, 11) is 0. The lowest BCUT2D eigenvalue weighted by Gasteiger charge is -2.13. The van der Waals surface area contributed by atoms with Gasteiger partial charge >= 0.3 is 0 Å². The third-order valence-electron chi connectivity index (χ3n) is 2.56. The number of nitrogens with one attached hydrogen (secondary N) is 1. The highest BCUT2D eigenvalue weighted by molar-refractivity contribution is 7.80. The highest BCUT2D eigenvalue weighted by atomic mass is 35.5. The fraction of sp³-hybridized carbons (Fsp3) is 0.154. The van der Waals surface area contributed by atoms with E-state index in [2.05, 4.69) is 17.9 Å². The van der Waals surface area contributed by atoms with Crippen molar-refractivity contribution in [1.82, 2.24) is 5.32 Å². The van der Waals surface area contributed by atoms with Gasteiger partial charge in [-0.25, -0.2) is 0 Å². The molecule has 2 aromatic rings. The molecule has 6 heteroatoms. The van der Waals surface area contributed by atoms with Gasteiger partial charge in [-0.3, -0.25) is 4.79 Å². The Kier molecular flexibility index (Phi) is 4.79. The molecule has 0 saturated carbocycles. The van der Waals surface area contributed by atoms with E-state index in [0.29, 0.717) is 19.8 Å². The fourth-order valence-corrected chi connectivity index (χ4v) is 3.06. The summed E-state index contributed by atoms with van der Waals surface area (Å²) in [5, 5.41) is 3.30. The van der Waals surface area contributed by atoms with E-state index in [1.807, 2.05) is 19.1 Å². The van der Waals surface area contributed by atoms with Gasteiger partial charge in [-0.2, -0.15) is 0 Å². The maximum Gasteiger partial charge on any atom is 0.253 e. The Labute approximate surface area is 131 Å². The summed E-state index contributed by atoms with van der Waals surface area (Å²) in [6.07, 6.45) is 0. The van der Waals surface area contributed by atoms with Crippen LogP contribution in [-0.2, 0) is 0 Å². The molecule has 0 aliphatic rings. The van der Waals surface area contributed by atoms with Crippen molar-refractivity contribution >= 4 is 53.1 Å². The first-order chi connectivity index (χ1) is 8.97. The van der Waals surface area contributed by atoms with Gasteiger partial charge in [-0.1, -0.05) is 23.2 Å². The van der Waals surface area contributed by atoms with E-state index < -0.39 is 0 Å². The van der Waals surface area contributed by atoms with E-state index in [-0.39, 0.29) is 11.9 Å². The first-order valence-electron chi connectivity index (χ1n) is 5.52. The first kappa shape index (κ1) is 14.7. The van der Waals surface area contributed by atoms with Crippen molar-refractivity contribution in [2.75, 3.05) is 0 Å². The van der Waals surface area contributed by atoms with Crippen LogP contribution in [0.3, 0.4) is 0 Å². The second kappa shape index (κ2) is 6.18. The average Bonchev–Trinajstić information content (AvgIpc) is 2.79. The maximum atomic E-state index is 12.2. The van der Waals surface area contributed by atoms with Crippen molar-refractivity contribution in [2.45, 2.75) is 17.9 Å². The number of hydrogen-bond acceptors (Lipinski definition) is 3. The van der Waals surface area contributed by atoms with Crippen LogP contribution >= 0.6 is 47.2 Å². The molecule has 0 aliphatic heterocycles. The van der Waals surface area contributed by atoms with Crippen LogP contribution in [0, 0.1) is 0 Å². The van der Waals surface area contributed by atoms with Gasteiger partial charge in [0.25, 0.3) is 5.91 Å². The summed E-state index contributed by atoms with van der Waals surface area (Å²) < 4.78 is 0.700. The summed E-state index contributed by atoms with van der Waals surface area (Å²) >= 11 is 17.5. The molecular formula is C13H11Cl2NOS2. The van der Waals surface area contributed by atoms with Crippen LogP contribution in [0.25, 0.3) is 0 Å². The second-order valence-corrected chi connectivity index (χ2v) is 6.67. The predicted octanol–water partition coefficient (Wildman–Crippen LogP) is 4.83.